The molecule has 2 unspecified atom stereocenters. The number of aryl methyl sites for hydroxylation is 2. The van der Waals surface area contributed by atoms with Crippen LogP contribution in [-0.4, -0.2) is 0 Å². The zero-order valence-electron chi connectivity index (χ0n) is 42.9. The Kier molecular flexibility index (Phi) is 16.5. The normalized spacial score (nSPS) is 15.3. The van der Waals surface area contributed by atoms with E-state index in [0.717, 1.165) is 25.2 Å². The van der Waals surface area contributed by atoms with Gasteiger partial charge in [-0.25, -0.2) is 0 Å². The lowest BCUT2D eigenvalue weighted by Crippen LogP contribution is -2.24. The number of benzene rings is 6. The second kappa shape index (κ2) is 21.4. The molecule has 0 nitrogen and oxygen atoms in total. The predicted molar refractivity (Wildman–Crippen MR) is 286 cm³/mol. The van der Waals surface area contributed by atoms with Crippen molar-refractivity contribution in [2.45, 2.75) is 203 Å². The van der Waals surface area contributed by atoms with Crippen LogP contribution in [0.5, 0.6) is 0 Å². The van der Waals surface area contributed by atoms with Gasteiger partial charge in [0.2, 0.25) is 0 Å². The lowest BCUT2D eigenvalue weighted by molar-refractivity contribution is 0.449. The van der Waals surface area contributed by atoms with Crippen molar-refractivity contribution in [3.8, 4) is 22.3 Å². The van der Waals surface area contributed by atoms with Gasteiger partial charge in [-0.05, 0) is 150 Å². The van der Waals surface area contributed by atoms with Crippen molar-refractivity contribution in [3.63, 3.8) is 0 Å². The maximum Gasteiger partial charge on any atom is 0.0436 e. The van der Waals surface area contributed by atoms with Crippen molar-refractivity contribution in [2.75, 3.05) is 0 Å². The Labute approximate surface area is 392 Å². The van der Waals surface area contributed by atoms with E-state index in [1.807, 2.05) is 13.8 Å². The van der Waals surface area contributed by atoms with Gasteiger partial charge in [0.15, 0.2) is 0 Å². The van der Waals surface area contributed by atoms with Crippen LogP contribution in [-0.2, 0) is 35.5 Å². The molecule has 0 amide bonds. The highest BCUT2D eigenvalue weighted by atomic mass is 14.4. The Hall–Kier alpha value is -4.16. The van der Waals surface area contributed by atoms with Crippen LogP contribution in [0.15, 0.2) is 97.1 Å². The molecule has 0 bridgehead atoms. The molecule has 0 radical (unpaired) electrons. The highest BCUT2D eigenvalue weighted by Crippen LogP contribution is 2.55. The van der Waals surface area contributed by atoms with E-state index in [1.165, 1.54) is 165 Å². The monoisotopic (exact) mass is 855 g/mol. The molecule has 0 aliphatic heterocycles. The summed E-state index contributed by atoms with van der Waals surface area (Å²) in [4.78, 5) is 0. The largest absolute Gasteiger partial charge is 0.0683 e. The van der Waals surface area contributed by atoms with Crippen molar-refractivity contribution >= 4 is 21.5 Å². The number of fused-ring (bicyclic) bond motifs is 5. The van der Waals surface area contributed by atoms with Gasteiger partial charge >= 0.3 is 0 Å². The number of hydrogen-bond acceptors (Lipinski definition) is 0. The van der Waals surface area contributed by atoms with Crippen LogP contribution >= 0.6 is 0 Å². The van der Waals surface area contributed by atoms with Gasteiger partial charge in [0.1, 0.15) is 0 Å². The molecule has 0 heteroatoms. The lowest BCUT2D eigenvalue weighted by atomic mass is 9.71. The average Bonchev–Trinajstić information content (AvgIpc) is 3.54. The first-order valence-corrected chi connectivity index (χ1v) is 26.1. The summed E-state index contributed by atoms with van der Waals surface area (Å²) in [6.45, 7) is 30.3. The average molecular weight is 855 g/mol. The first-order chi connectivity index (χ1) is 30.7. The molecule has 1 aliphatic rings. The molecule has 2 atom stereocenters. The predicted octanol–water partition coefficient (Wildman–Crippen LogP) is 19.6. The van der Waals surface area contributed by atoms with Crippen molar-refractivity contribution in [1.82, 2.24) is 0 Å². The topological polar surface area (TPSA) is 0 Å². The fraction of sp³-hybridized carbons (Fsp3) is 0.500. The van der Waals surface area contributed by atoms with E-state index < -0.39 is 0 Å². The fourth-order valence-electron chi connectivity index (χ4n) is 11.1. The summed E-state index contributed by atoms with van der Waals surface area (Å²) >= 11 is 0. The molecular formula is C64H86. The molecular weight excluding hydrogens is 769 g/mol. The zero-order valence-corrected chi connectivity index (χ0v) is 42.9. The molecule has 7 rings (SSSR count). The minimum Gasteiger partial charge on any atom is -0.0683 e. The van der Waals surface area contributed by atoms with Gasteiger partial charge in [0.05, 0.1) is 0 Å². The quantitative estimate of drug-likeness (QED) is 0.0597. The second-order valence-electron chi connectivity index (χ2n) is 21.6. The standard InChI is InChI=1S/C62H80.C2H6/c1-12-16-19-21-26-44-37-45(27-22-20-17-13-2)39-49(38-44)62(11)56-41-47(31-34-50(56)51-35-32-48(42-57(51)62)60(5,6)7)58-52-28-23-24-29-54(52)59(61(8,9)10)55-40-46(30-33-53(55)58)36-43(15-4)25-18-14-3;1-2/h23-24,28-35,37-43H,12-22,25-27,36H2,1-11H3;1-2H3. The minimum atomic E-state index is -0.294. The fourth-order valence-corrected chi connectivity index (χ4v) is 11.1. The number of hydrogen-bond donors (Lipinski definition) is 0. The lowest BCUT2D eigenvalue weighted by Gasteiger charge is -2.31. The molecule has 6 aromatic carbocycles. The van der Waals surface area contributed by atoms with E-state index >= 15 is 0 Å². The SMILES string of the molecule is CC.CCCCCCc1cc(CCCCCC)cc(C2(C)c3cc(-c4c5ccccc5c(C(C)(C)C)c5cc(CC(CC)CCCC)ccc45)ccc3-c3ccc(C(C)(C)C)cc32)c1. The molecule has 0 aromatic heterocycles. The van der Waals surface area contributed by atoms with Crippen molar-refractivity contribution in [2.24, 2.45) is 5.92 Å². The zero-order chi connectivity index (χ0) is 46.2. The van der Waals surface area contributed by atoms with Gasteiger partial charge in [-0.3, -0.25) is 0 Å². The van der Waals surface area contributed by atoms with Crippen molar-refractivity contribution in [1.29, 1.82) is 0 Å². The Balaban J connectivity index is 0.00000335. The summed E-state index contributed by atoms with van der Waals surface area (Å²) in [7, 11) is 0. The van der Waals surface area contributed by atoms with Gasteiger partial charge in [0, 0.05) is 5.41 Å². The molecule has 0 fully saturated rings. The van der Waals surface area contributed by atoms with Gasteiger partial charge in [0.25, 0.3) is 0 Å². The molecule has 6 aromatic rings. The summed E-state index contributed by atoms with van der Waals surface area (Å²) in [5, 5.41) is 5.57. The third-order valence-electron chi connectivity index (χ3n) is 14.7. The Morgan fingerprint density at radius 2 is 1.08 bits per heavy atom. The molecule has 0 saturated carbocycles. The highest BCUT2D eigenvalue weighted by Gasteiger charge is 2.42. The first kappa shape index (κ1) is 49.3. The van der Waals surface area contributed by atoms with Gasteiger partial charge in [-0.15, -0.1) is 0 Å². The molecule has 342 valence electrons. The van der Waals surface area contributed by atoms with Gasteiger partial charge in [-0.1, -0.05) is 238 Å². The third-order valence-corrected chi connectivity index (χ3v) is 14.7. The summed E-state index contributed by atoms with van der Waals surface area (Å²) < 4.78 is 0. The van der Waals surface area contributed by atoms with Gasteiger partial charge in [-0.2, -0.15) is 0 Å². The van der Waals surface area contributed by atoms with Crippen molar-refractivity contribution < 1.29 is 0 Å². The van der Waals surface area contributed by atoms with Gasteiger partial charge < -0.3 is 0 Å². The van der Waals surface area contributed by atoms with Crippen LogP contribution in [0.3, 0.4) is 0 Å². The molecule has 1 aliphatic carbocycles. The maximum absolute atomic E-state index is 2.63. The van der Waals surface area contributed by atoms with Crippen LogP contribution in [0, 0.1) is 5.92 Å². The summed E-state index contributed by atoms with van der Waals surface area (Å²) in [6, 6.07) is 39.7. The van der Waals surface area contributed by atoms with E-state index in [2.05, 4.69) is 173 Å². The molecule has 0 heterocycles. The first-order valence-electron chi connectivity index (χ1n) is 26.1. The Bertz CT molecular complexity index is 2450. The van der Waals surface area contributed by atoms with Crippen LogP contribution in [0.2, 0.25) is 0 Å². The molecule has 0 spiro atoms. The highest BCUT2D eigenvalue weighted by molar-refractivity contribution is 6.16. The second-order valence-corrected chi connectivity index (χ2v) is 21.6. The van der Waals surface area contributed by atoms with E-state index in [4.69, 9.17) is 0 Å². The third kappa shape index (κ3) is 10.4. The Morgan fingerprint density at radius 1 is 0.500 bits per heavy atom. The van der Waals surface area contributed by atoms with Crippen molar-refractivity contribution in [3.05, 3.63) is 142 Å². The number of rotatable bonds is 18. The number of unbranched alkanes of at least 4 members (excludes halogenated alkanes) is 7. The van der Waals surface area contributed by atoms with Crippen LogP contribution in [0.4, 0.5) is 0 Å². The molecule has 0 N–H and O–H groups in total. The summed E-state index contributed by atoms with van der Waals surface area (Å²) in [5.74, 6) is 0.729. The van der Waals surface area contributed by atoms with Crippen LogP contribution in [0.1, 0.15) is 212 Å². The molecule has 64 heavy (non-hydrogen) atoms. The van der Waals surface area contributed by atoms with E-state index in [9.17, 15) is 0 Å². The summed E-state index contributed by atoms with van der Waals surface area (Å²) in [5.41, 5.74) is 17.1. The minimum absolute atomic E-state index is 0.0138. The van der Waals surface area contributed by atoms with Crippen LogP contribution < -0.4 is 0 Å². The Morgan fingerprint density at radius 3 is 1.66 bits per heavy atom. The van der Waals surface area contributed by atoms with E-state index in [1.54, 1.807) is 0 Å². The maximum atomic E-state index is 2.63. The smallest absolute Gasteiger partial charge is 0.0436 e. The van der Waals surface area contributed by atoms with Crippen LogP contribution in [0.25, 0.3) is 43.8 Å². The van der Waals surface area contributed by atoms with E-state index in [0.29, 0.717) is 0 Å². The molecule has 0 saturated heterocycles. The van der Waals surface area contributed by atoms with E-state index in [-0.39, 0.29) is 16.2 Å². The summed E-state index contributed by atoms with van der Waals surface area (Å²) in [6.07, 6.45) is 18.9.